The summed E-state index contributed by atoms with van der Waals surface area (Å²) in [4.78, 5) is 23.7. The third kappa shape index (κ3) is 4.96. The highest BCUT2D eigenvalue weighted by Crippen LogP contribution is 2.23. The summed E-state index contributed by atoms with van der Waals surface area (Å²) in [6.07, 6.45) is 4.14. The van der Waals surface area contributed by atoms with Gasteiger partial charge in [0.2, 0.25) is 11.9 Å². The van der Waals surface area contributed by atoms with Crippen LogP contribution in [0.25, 0.3) is 0 Å². The fourth-order valence-corrected chi connectivity index (χ4v) is 3.39. The average molecular weight is 367 g/mol. The van der Waals surface area contributed by atoms with Gasteiger partial charge in [0.05, 0.1) is 0 Å². The van der Waals surface area contributed by atoms with E-state index >= 15 is 0 Å². The molecule has 2 aromatic rings. The molecule has 0 saturated carbocycles. The van der Waals surface area contributed by atoms with Gasteiger partial charge in [0.25, 0.3) is 0 Å². The molecule has 1 aromatic carbocycles. The Bertz CT molecular complexity index is 765. The third-order valence-electron chi connectivity index (χ3n) is 5.04. The number of nitrogens with zero attached hydrogens (tertiary/aromatic N) is 3. The van der Waals surface area contributed by atoms with Crippen molar-refractivity contribution >= 4 is 29.0 Å². The van der Waals surface area contributed by atoms with E-state index in [1.165, 1.54) is 12.8 Å². The number of aryl methyl sites for hydroxylation is 1. The molecule has 144 valence electrons. The Labute approximate surface area is 161 Å². The lowest BCUT2D eigenvalue weighted by Crippen LogP contribution is -2.21. The topological polar surface area (TPSA) is 70.2 Å². The Morgan fingerprint density at radius 3 is 2.33 bits per heavy atom. The van der Waals surface area contributed by atoms with Gasteiger partial charge in [-0.25, -0.2) is 4.98 Å². The van der Waals surface area contributed by atoms with Gasteiger partial charge >= 0.3 is 0 Å². The van der Waals surface area contributed by atoms with Crippen molar-refractivity contribution in [2.24, 2.45) is 5.92 Å². The Morgan fingerprint density at radius 2 is 1.70 bits per heavy atom. The number of hydrogen-bond donors (Lipinski definition) is 2. The van der Waals surface area contributed by atoms with Crippen LogP contribution in [0.4, 0.5) is 23.1 Å². The van der Waals surface area contributed by atoms with Gasteiger partial charge in [-0.05, 0) is 56.9 Å². The molecule has 1 amide bonds. The van der Waals surface area contributed by atoms with Gasteiger partial charge < -0.3 is 15.5 Å². The highest BCUT2D eigenvalue weighted by molar-refractivity contribution is 5.92. The predicted molar refractivity (Wildman–Crippen MR) is 111 cm³/mol. The first kappa shape index (κ1) is 19.1. The van der Waals surface area contributed by atoms with Crippen molar-refractivity contribution in [3.8, 4) is 0 Å². The van der Waals surface area contributed by atoms with Gasteiger partial charge in [0.15, 0.2) is 0 Å². The molecule has 6 heteroatoms. The second-order valence-corrected chi connectivity index (χ2v) is 7.09. The molecule has 1 aliphatic heterocycles. The van der Waals surface area contributed by atoms with E-state index < -0.39 is 0 Å². The highest BCUT2D eigenvalue weighted by Gasteiger charge is 2.16. The van der Waals surface area contributed by atoms with Crippen LogP contribution in [0, 0.1) is 12.8 Å². The van der Waals surface area contributed by atoms with Crippen LogP contribution >= 0.6 is 0 Å². The standard InChI is InChI=1S/C21H29N5O/c1-4-16(5-2)20(27)23-17-8-10-18(11-9-17)24-21-22-15(3)14-19(25-21)26-12-6-7-13-26/h8-11,14,16H,4-7,12-13H2,1-3H3,(H,23,27)(H,22,24,25). The molecule has 0 aliphatic carbocycles. The molecular weight excluding hydrogens is 338 g/mol. The number of carbonyl (C=O) groups excluding carboxylic acids is 1. The van der Waals surface area contributed by atoms with Crippen LogP contribution in [0.15, 0.2) is 30.3 Å². The molecule has 1 saturated heterocycles. The van der Waals surface area contributed by atoms with E-state index in [9.17, 15) is 4.79 Å². The third-order valence-corrected chi connectivity index (χ3v) is 5.04. The normalized spacial score (nSPS) is 13.9. The quantitative estimate of drug-likeness (QED) is 0.754. The smallest absolute Gasteiger partial charge is 0.229 e. The maximum atomic E-state index is 12.2. The fraction of sp³-hybridized carbons (Fsp3) is 0.476. The van der Waals surface area contributed by atoms with Gasteiger partial charge in [-0.3, -0.25) is 4.79 Å². The molecule has 0 radical (unpaired) electrons. The second-order valence-electron chi connectivity index (χ2n) is 7.09. The lowest BCUT2D eigenvalue weighted by molar-refractivity contribution is -0.120. The molecule has 1 aromatic heterocycles. The molecule has 1 aliphatic rings. The number of nitrogens with one attached hydrogen (secondary N) is 2. The van der Waals surface area contributed by atoms with Crippen molar-refractivity contribution in [3.05, 3.63) is 36.0 Å². The van der Waals surface area contributed by atoms with Crippen molar-refractivity contribution in [3.63, 3.8) is 0 Å². The number of rotatable bonds is 7. The van der Waals surface area contributed by atoms with Crippen LogP contribution in [0.1, 0.15) is 45.2 Å². The monoisotopic (exact) mass is 367 g/mol. The molecule has 0 unspecified atom stereocenters. The number of aromatic nitrogens is 2. The van der Waals surface area contributed by atoms with Crippen molar-refractivity contribution in [1.82, 2.24) is 9.97 Å². The zero-order valence-corrected chi connectivity index (χ0v) is 16.5. The summed E-state index contributed by atoms with van der Waals surface area (Å²) < 4.78 is 0. The minimum Gasteiger partial charge on any atom is -0.356 e. The summed E-state index contributed by atoms with van der Waals surface area (Å²) >= 11 is 0. The summed E-state index contributed by atoms with van der Waals surface area (Å²) in [5.41, 5.74) is 2.65. The van der Waals surface area contributed by atoms with E-state index in [1.807, 2.05) is 51.1 Å². The molecule has 0 bridgehead atoms. The minimum absolute atomic E-state index is 0.0625. The zero-order valence-electron chi connectivity index (χ0n) is 16.5. The first-order chi connectivity index (χ1) is 13.1. The maximum absolute atomic E-state index is 12.2. The van der Waals surface area contributed by atoms with Gasteiger partial charge in [-0.15, -0.1) is 0 Å². The summed E-state index contributed by atoms with van der Waals surface area (Å²) in [6.45, 7) is 8.18. The SMILES string of the molecule is CCC(CC)C(=O)Nc1ccc(Nc2nc(C)cc(N3CCCC3)n2)cc1. The van der Waals surface area contributed by atoms with Crippen molar-refractivity contribution in [2.45, 2.75) is 46.5 Å². The summed E-state index contributed by atoms with van der Waals surface area (Å²) in [6, 6.07) is 9.71. The van der Waals surface area contributed by atoms with Gasteiger partial charge in [-0.2, -0.15) is 4.98 Å². The first-order valence-electron chi connectivity index (χ1n) is 9.87. The number of hydrogen-bond acceptors (Lipinski definition) is 5. The van der Waals surface area contributed by atoms with Crippen molar-refractivity contribution < 1.29 is 4.79 Å². The molecule has 0 spiro atoms. The van der Waals surface area contributed by atoms with Crippen LogP contribution in [-0.4, -0.2) is 29.0 Å². The largest absolute Gasteiger partial charge is 0.356 e. The van der Waals surface area contributed by atoms with Gasteiger partial charge in [0.1, 0.15) is 5.82 Å². The van der Waals surface area contributed by atoms with Crippen LogP contribution in [0.5, 0.6) is 0 Å². The molecule has 27 heavy (non-hydrogen) atoms. The van der Waals surface area contributed by atoms with E-state index in [0.717, 1.165) is 48.8 Å². The minimum atomic E-state index is 0.0625. The fourth-order valence-electron chi connectivity index (χ4n) is 3.39. The summed E-state index contributed by atoms with van der Waals surface area (Å²) in [5, 5.41) is 6.26. The summed E-state index contributed by atoms with van der Waals surface area (Å²) in [7, 11) is 0. The number of benzene rings is 1. The van der Waals surface area contributed by atoms with Crippen molar-refractivity contribution in [1.29, 1.82) is 0 Å². The Hall–Kier alpha value is -2.63. The number of amides is 1. The predicted octanol–water partition coefficient (Wildman–Crippen LogP) is 4.50. The lowest BCUT2D eigenvalue weighted by Gasteiger charge is -2.18. The summed E-state index contributed by atoms with van der Waals surface area (Å²) in [5.74, 6) is 1.73. The van der Waals surface area contributed by atoms with Gasteiger partial charge in [0, 0.05) is 42.1 Å². The number of anilines is 4. The Kier molecular flexibility index (Phi) is 6.27. The molecular formula is C21H29N5O. The molecule has 1 fully saturated rings. The van der Waals surface area contributed by atoms with Crippen LogP contribution in [0.2, 0.25) is 0 Å². The second kappa shape index (κ2) is 8.84. The molecule has 0 atom stereocenters. The maximum Gasteiger partial charge on any atom is 0.229 e. The average Bonchev–Trinajstić information content (AvgIpc) is 3.19. The van der Waals surface area contributed by atoms with E-state index in [1.54, 1.807) is 0 Å². The van der Waals surface area contributed by atoms with E-state index in [4.69, 9.17) is 0 Å². The van der Waals surface area contributed by atoms with Gasteiger partial charge in [-0.1, -0.05) is 13.8 Å². The number of carbonyl (C=O) groups is 1. The molecule has 2 N–H and O–H groups in total. The lowest BCUT2D eigenvalue weighted by atomic mass is 10.0. The molecule has 2 heterocycles. The Balaban J connectivity index is 1.67. The first-order valence-corrected chi connectivity index (χ1v) is 9.87. The highest BCUT2D eigenvalue weighted by atomic mass is 16.1. The van der Waals surface area contributed by atoms with Crippen LogP contribution < -0.4 is 15.5 Å². The van der Waals surface area contributed by atoms with E-state index in [2.05, 4.69) is 25.5 Å². The molecule has 3 rings (SSSR count). The Morgan fingerprint density at radius 1 is 1.07 bits per heavy atom. The zero-order chi connectivity index (χ0) is 19.2. The van der Waals surface area contributed by atoms with Crippen LogP contribution in [0.3, 0.4) is 0 Å². The molecule has 6 nitrogen and oxygen atoms in total. The van der Waals surface area contributed by atoms with Crippen molar-refractivity contribution in [2.75, 3.05) is 28.6 Å². The van der Waals surface area contributed by atoms with Crippen LogP contribution in [-0.2, 0) is 4.79 Å². The van der Waals surface area contributed by atoms with E-state index in [0.29, 0.717) is 5.95 Å². The van der Waals surface area contributed by atoms with E-state index in [-0.39, 0.29) is 11.8 Å².